The largest absolute Gasteiger partial charge is 0.504 e. The summed E-state index contributed by atoms with van der Waals surface area (Å²) < 4.78 is 26.2. The molecule has 14 heteroatoms. The minimum absolute atomic E-state index is 0.0980. The highest BCUT2D eigenvalue weighted by Crippen LogP contribution is 2.32. The molecule has 0 amide bonds. The molecule has 2 aliphatic rings. The highest BCUT2D eigenvalue weighted by Gasteiger charge is 2.48. The van der Waals surface area contributed by atoms with Gasteiger partial charge in [-0.2, -0.15) is 0 Å². The van der Waals surface area contributed by atoms with E-state index in [0.717, 1.165) is 0 Å². The number of aryl methyl sites for hydroxylation is 1. The molecule has 10 atom stereocenters. The van der Waals surface area contributed by atoms with Crippen molar-refractivity contribution in [2.45, 2.75) is 74.3 Å². The van der Waals surface area contributed by atoms with E-state index in [4.69, 9.17) is 18.9 Å². The van der Waals surface area contributed by atoms with Crippen molar-refractivity contribution in [2.75, 3.05) is 20.3 Å². The zero-order valence-corrected chi connectivity index (χ0v) is 19.4. The number of carbonyl (C=O) groups excluding carboxylic acids is 1. The second-order valence-electron chi connectivity index (χ2n) is 8.54. The number of hydrogen-bond donors (Lipinski definition) is 8. The van der Waals surface area contributed by atoms with E-state index in [2.05, 4.69) is 4.74 Å². The summed E-state index contributed by atoms with van der Waals surface area (Å²) in [5.41, 5.74) is 0.608. The van der Waals surface area contributed by atoms with Gasteiger partial charge in [-0.05, 0) is 24.1 Å². The maximum atomic E-state index is 11.3. The number of aromatic hydroxyl groups is 1. The third-order valence-corrected chi connectivity index (χ3v) is 6.05. The van der Waals surface area contributed by atoms with Gasteiger partial charge in [-0.3, -0.25) is 4.79 Å². The van der Waals surface area contributed by atoms with Crippen molar-refractivity contribution in [3.63, 3.8) is 0 Å². The molecule has 14 nitrogen and oxygen atoms in total. The summed E-state index contributed by atoms with van der Waals surface area (Å²) in [5.74, 6) is -0.862. The first-order chi connectivity index (χ1) is 17.1. The van der Waals surface area contributed by atoms with Crippen LogP contribution in [-0.2, 0) is 30.2 Å². The van der Waals surface area contributed by atoms with Gasteiger partial charge in [-0.1, -0.05) is 6.07 Å². The Bertz CT molecular complexity index is 865. The van der Waals surface area contributed by atoms with Gasteiger partial charge < -0.3 is 64.5 Å². The van der Waals surface area contributed by atoms with Gasteiger partial charge in [0.05, 0.1) is 20.3 Å². The van der Waals surface area contributed by atoms with E-state index in [0.29, 0.717) is 12.0 Å². The smallest absolute Gasteiger partial charge is 0.305 e. The molecule has 8 N–H and O–H groups in total. The van der Waals surface area contributed by atoms with Gasteiger partial charge in [0, 0.05) is 6.42 Å². The van der Waals surface area contributed by atoms with Crippen molar-refractivity contribution in [3.05, 3.63) is 23.8 Å². The van der Waals surface area contributed by atoms with Crippen LogP contribution in [0.25, 0.3) is 0 Å². The van der Waals surface area contributed by atoms with Crippen LogP contribution in [0.15, 0.2) is 18.2 Å². The van der Waals surface area contributed by atoms with Crippen LogP contribution in [0.3, 0.4) is 0 Å². The monoisotopic (exact) mass is 520 g/mol. The minimum Gasteiger partial charge on any atom is -0.504 e. The van der Waals surface area contributed by atoms with E-state index >= 15 is 0 Å². The standard InChI is InChI=1S/C22H32O14/c1-32-14(25)5-3-9-2-4-11(10(24)6-9)34-22-20(31)18(29)16(27)13(36-22)8-33-21-19(30)17(28)15(26)12(7-23)35-21/h2,4,6,12-13,15-24,26-31H,3,5,7-8H2,1H3/t12-,13+,15-,16+,17-,18+,19+,20+,21+,22+/m0/s1. The van der Waals surface area contributed by atoms with Crippen LogP contribution in [0.1, 0.15) is 12.0 Å². The molecule has 0 radical (unpaired) electrons. The molecule has 3 rings (SSSR count). The van der Waals surface area contributed by atoms with Gasteiger partial charge in [0.2, 0.25) is 6.29 Å². The number of carbonyl (C=O) groups is 1. The Morgan fingerprint density at radius 3 is 2.11 bits per heavy atom. The summed E-state index contributed by atoms with van der Waals surface area (Å²) in [6.07, 6.45) is -15.3. The maximum Gasteiger partial charge on any atom is 0.305 e. The van der Waals surface area contributed by atoms with E-state index < -0.39 is 80.6 Å². The van der Waals surface area contributed by atoms with Crippen LogP contribution >= 0.6 is 0 Å². The summed E-state index contributed by atoms with van der Waals surface area (Å²) in [5, 5.41) is 80.2. The van der Waals surface area contributed by atoms with E-state index in [1.807, 2.05) is 0 Å². The lowest BCUT2D eigenvalue weighted by atomic mass is 9.98. The second-order valence-corrected chi connectivity index (χ2v) is 8.54. The molecular formula is C22H32O14. The van der Waals surface area contributed by atoms with Gasteiger partial charge in [0.1, 0.15) is 48.8 Å². The Hall–Kier alpha value is -2.11. The molecule has 36 heavy (non-hydrogen) atoms. The highest BCUT2D eigenvalue weighted by atomic mass is 16.7. The SMILES string of the molecule is COC(=O)CCc1ccc(O[C@@H]2O[C@H](CO[C@@H]3O[C@@H](CO)[C@H](O)[C@H](O)[C@H]3O)[C@@H](O)[C@@H](O)[C@H]2O)c(O)c1. The normalized spacial score (nSPS) is 36.9. The number of phenolic OH excluding ortho intramolecular Hbond substituents is 1. The van der Waals surface area contributed by atoms with E-state index in [-0.39, 0.29) is 17.9 Å². The molecule has 2 fully saturated rings. The maximum absolute atomic E-state index is 11.3. The summed E-state index contributed by atoms with van der Waals surface area (Å²) in [6, 6.07) is 4.28. The first-order valence-electron chi connectivity index (χ1n) is 11.2. The van der Waals surface area contributed by atoms with Crippen LogP contribution in [0.2, 0.25) is 0 Å². The van der Waals surface area contributed by atoms with Crippen molar-refractivity contribution >= 4 is 5.97 Å². The Morgan fingerprint density at radius 2 is 1.50 bits per heavy atom. The number of rotatable bonds is 9. The van der Waals surface area contributed by atoms with Crippen LogP contribution < -0.4 is 4.74 Å². The molecule has 1 aromatic rings. The molecule has 204 valence electrons. The molecule has 0 spiro atoms. The average molecular weight is 520 g/mol. The van der Waals surface area contributed by atoms with Gasteiger partial charge in [-0.25, -0.2) is 0 Å². The number of aliphatic hydroxyl groups excluding tert-OH is 7. The molecule has 2 aliphatic heterocycles. The van der Waals surface area contributed by atoms with E-state index in [1.54, 1.807) is 6.07 Å². The highest BCUT2D eigenvalue weighted by molar-refractivity contribution is 5.69. The first-order valence-corrected chi connectivity index (χ1v) is 11.2. The predicted molar refractivity (Wildman–Crippen MR) is 115 cm³/mol. The van der Waals surface area contributed by atoms with Crippen molar-refractivity contribution in [3.8, 4) is 11.5 Å². The van der Waals surface area contributed by atoms with Gasteiger partial charge >= 0.3 is 5.97 Å². The first kappa shape index (κ1) is 28.5. The zero-order valence-electron chi connectivity index (χ0n) is 19.4. The third kappa shape index (κ3) is 6.41. The number of aliphatic hydroxyl groups is 7. The van der Waals surface area contributed by atoms with Crippen LogP contribution in [0.4, 0.5) is 0 Å². The number of hydrogen-bond acceptors (Lipinski definition) is 14. The van der Waals surface area contributed by atoms with E-state index in [1.165, 1.54) is 19.2 Å². The van der Waals surface area contributed by atoms with Crippen molar-refractivity contribution in [2.24, 2.45) is 0 Å². The number of esters is 1. The molecule has 2 heterocycles. The average Bonchev–Trinajstić information content (AvgIpc) is 2.87. The number of methoxy groups -OCH3 is 1. The fourth-order valence-electron chi connectivity index (χ4n) is 3.84. The summed E-state index contributed by atoms with van der Waals surface area (Å²) in [7, 11) is 1.26. The summed E-state index contributed by atoms with van der Waals surface area (Å²) >= 11 is 0. The molecule has 2 saturated heterocycles. The lowest BCUT2D eigenvalue weighted by Crippen LogP contribution is -2.62. The molecule has 0 aliphatic carbocycles. The number of ether oxygens (including phenoxy) is 5. The van der Waals surface area contributed by atoms with E-state index in [9.17, 15) is 45.6 Å². The Morgan fingerprint density at radius 1 is 0.889 bits per heavy atom. The van der Waals surface area contributed by atoms with Crippen molar-refractivity contribution in [1.82, 2.24) is 0 Å². The summed E-state index contributed by atoms with van der Waals surface area (Å²) in [4.78, 5) is 11.3. The van der Waals surface area contributed by atoms with Crippen LogP contribution in [-0.4, -0.2) is 129 Å². The molecule has 0 bridgehead atoms. The number of benzene rings is 1. The van der Waals surface area contributed by atoms with Crippen molar-refractivity contribution < 1.29 is 69.3 Å². The van der Waals surface area contributed by atoms with Gasteiger partial charge in [-0.15, -0.1) is 0 Å². The topological polar surface area (TPSA) is 225 Å². The lowest BCUT2D eigenvalue weighted by Gasteiger charge is -2.42. The zero-order chi connectivity index (χ0) is 26.6. The van der Waals surface area contributed by atoms with Gasteiger partial charge in [0.25, 0.3) is 0 Å². The molecule has 1 aromatic carbocycles. The number of phenols is 1. The van der Waals surface area contributed by atoms with Crippen LogP contribution in [0, 0.1) is 0 Å². The third-order valence-electron chi connectivity index (χ3n) is 6.05. The summed E-state index contributed by atoms with van der Waals surface area (Å²) in [6.45, 7) is -1.19. The van der Waals surface area contributed by atoms with Gasteiger partial charge in [0.15, 0.2) is 17.8 Å². The minimum atomic E-state index is -1.74. The molecule has 0 unspecified atom stereocenters. The Labute approximate surface area is 205 Å². The lowest BCUT2D eigenvalue weighted by molar-refractivity contribution is -0.323. The van der Waals surface area contributed by atoms with Crippen molar-refractivity contribution in [1.29, 1.82) is 0 Å². The molecular weight excluding hydrogens is 488 g/mol. The Kier molecular flexibility index (Phi) is 9.82. The molecule has 0 aromatic heterocycles. The Balaban J connectivity index is 1.63. The molecule has 0 saturated carbocycles. The van der Waals surface area contributed by atoms with Crippen LogP contribution in [0.5, 0.6) is 11.5 Å². The quantitative estimate of drug-likeness (QED) is 0.148. The predicted octanol–water partition coefficient (Wildman–Crippen LogP) is -3.50. The second kappa shape index (κ2) is 12.4. The fourth-order valence-corrected chi connectivity index (χ4v) is 3.84. The fraction of sp³-hybridized carbons (Fsp3) is 0.682.